The Bertz CT molecular complexity index is 1480. The zero-order valence-electron chi connectivity index (χ0n) is 23.7. The van der Waals surface area contributed by atoms with Crippen LogP contribution < -0.4 is 9.62 Å². The third kappa shape index (κ3) is 7.87. The van der Waals surface area contributed by atoms with Gasteiger partial charge in [0.1, 0.15) is 18.4 Å². The molecule has 1 fully saturated rings. The molecule has 0 spiro atoms. The van der Waals surface area contributed by atoms with Crippen LogP contribution in [0, 0.1) is 5.82 Å². The number of halogens is 2. The summed E-state index contributed by atoms with van der Waals surface area (Å²) in [5.41, 5.74) is 1.23. The predicted molar refractivity (Wildman–Crippen MR) is 163 cm³/mol. The zero-order chi connectivity index (χ0) is 30.3. The summed E-state index contributed by atoms with van der Waals surface area (Å²) in [7, 11) is -1.67. The Hall–Kier alpha value is -3.47. The summed E-state index contributed by atoms with van der Waals surface area (Å²) < 4.78 is 43.4. The number of para-hydroxylation sites is 1. The molecule has 0 saturated heterocycles. The van der Waals surface area contributed by atoms with E-state index in [-0.39, 0.29) is 30.6 Å². The number of amides is 2. The van der Waals surface area contributed by atoms with E-state index in [2.05, 4.69) is 5.32 Å². The van der Waals surface area contributed by atoms with Crippen molar-refractivity contribution in [1.82, 2.24) is 14.5 Å². The SMILES string of the molecule is CN(C)S(=O)(=O)N(CC(=O)N(Cc1cccc(Cl)c1)[C@H](Cc1ccccc1)C(=O)NC1CCCC1)c1ccccc1F. The van der Waals surface area contributed by atoms with Gasteiger partial charge in [0.05, 0.1) is 5.69 Å². The van der Waals surface area contributed by atoms with Crippen LogP contribution in [0.5, 0.6) is 0 Å². The minimum atomic E-state index is -4.29. The van der Waals surface area contributed by atoms with Crippen molar-refractivity contribution < 1.29 is 22.4 Å². The second-order valence-corrected chi connectivity index (χ2v) is 13.1. The van der Waals surface area contributed by atoms with Crippen molar-refractivity contribution in [3.8, 4) is 0 Å². The van der Waals surface area contributed by atoms with Gasteiger partial charge in [-0.2, -0.15) is 12.7 Å². The number of carbonyl (C=O) groups excluding carboxylic acids is 2. The van der Waals surface area contributed by atoms with Gasteiger partial charge in [-0.3, -0.25) is 9.59 Å². The summed E-state index contributed by atoms with van der Waals surface area (Å²) >= 11 is 6.25. The lowest BCUT2D eigenvalue weighted by Gasteiger charge is -2.35. The van der Waals surface area contributed by atoms with Crippen LogP contribution in [0.3, 0.4) is 0 Å². The molecule has 0 heterocycles. The number of hydrogen-bond donors (Lipinski definition) is 1. The molecule has 3 aromatic rings. The fourth-order valence-electron chi connectivity index (χ4n) is 5.11. The molecule has 0 aromatic heterocycles. The summed E-state index contributed by atoms with van der Waals surface area (Å²) in [6, 6.07) is 20.7. The Morgan fingerprint density at radius 3 is 2.24 bits per heavy atom. The van der Waals surface area contributed by atoms with E-state index in [1.807, 2.05) is 30.3 Å². The molecular formula is C31H36ClFN4O4S. The predicted octanol–water partition coefficient (Wildman–Crippen LogP) is 4.79. The molecule has 1 atom stereocenters. The third-order valence-corrected chi connectivity index (χ3v) is 9.40. The van der Waals surface area contributed by atoms with E-state index in [0.29, 0.717) is 10.6 Å². The summed E-state index contributed by atoms with van der Waals surface area (Å²) in [4.78, 5) is 29.5. The van der Waals surface area contributed by atoms with Crippen molar-refractivity contribution in [2.75, 3.05) is 24.9 Å². The number of benzene rings is 3. The molecule has 2 amide bonds. The molecule has 4 rings (SSSR count). The van der Waals surface area contributed by atoms with Crippen molar-refractivity contribution in [3.63, 3.8) is 0 Å². The first kappa shape index (κ1) is 31.5. The summed E-state index contributed by atoms with van der Waals surface area (Å²) in [5.74, 6) is -1.78. The van der Waals surface area contributed by atoms with Crippen molar-refractivity contribution in [1.29, 1.82) is 0 Å². The van der Waals surface area contributed by atoms with Crippen molar-refractivity contribution >= 4 is 39.3 Å². The van der Waals surface area contributed by atoms with Crippen LogP contribution in [0.4, 0.5) is 10.1 Å². The minimum absolute atomic E-state index is 0.00271. The van der Waals surface area contributed by atoms with Gasteiger partial charge in [-0.15, -0.1) is 0 Å². The molecule has 11 heteroatoms. The van der Waals surface area contributed by atoms with Crippen LogP contribution in [0.15, 0.2) is 78.9 Å². The van der Waals surface area contributed by atoms with Gasteiger partial charge in [-0.05, 0) is 48.2 Å². The van der Waals surface area contributed by atoms with E-state index < -0.39 is 34.5 Å². The van der Waals surface area contributed by atoms with Gasteiger partial charge >= 0.3 is 10.2 Å². The number of nitrogens with zero attached hydrogens (tertiary/aromatic N) is 3. The maximum atomic E-state index is 14.9. The topological polar surface area (TPSA) is 90.0 Å². The van der Waals surface area contributed by atoms with E-state index >= 15 is 0 Å². The van der Waals surface area contributed by atoms with Gasteiger partial charge in [-0.25, -0.2) is 8.70 Å². The average molecular weight is 615 g/mol. The quantitative estimate of drug-likeness (QED) is 0.318. The van der Waals surface area contributed by atoms with Gasteiger partial charge in [0.2, 0.25) is 11.8 Å². The van der Waals surface area contributed by atoms with Crippen LogP contribution in [0.25, 0.3) is 0 Å². The first-order valence-corrected chi connectivity index (χ1v) is 15.7. The number of nitrogens with one attached hydrogen (secondary N) is 1. The molecule has 0 radical (unpaired) electrons. The Balaban J connectivity index is 1.76. The molecule has 1 N–H and O–H groups in total. The molecular weight excluding hydrogens is 579 g/mol. The Kier molecular flexibility index (Phi) is 10.6. The second-order valence-electron chi connectivity index (χ2n) is 10.6. The lowest BCUT2D eigenvalue weighted by molar-refractivity contribution is -0.140. The molecule has 0 aliphatic heterocycles. The first-order chi connectivity index (χ1) is 20.1. The van der Waals surface area contributed by atoms with Crippen molar-refractivity contribution in [2.45, 2.75) is 50.7 Å². The summed E-state index contributed by atoms with van der Waals surface area (Å²) in [5, 5.41) is 3.57. The molecule has 0 bridgehead atoms. The second kappa shape index (κ2) is 14.1. The lowest BCUT2D eigenvalue weighted by Crippen LogP contribution is -2.55. The number of anilines is 1. The lowest BCUT2D eigenvalue weighted by atomic mass is 10.0. The number of carbonyl (C=O) groups is 2. The molecule has 3 aromatic carbocycles. The first-order valence-electron chi connectivity index (χ1n) is 13.9. The highest BCUT2D eigenvalue weighted by Gasteiger charge is 2.36. The molecule has 1 aliphatic rings. The monoisotopic (exact) mass is 614 g/mol. The number of hydrogen-bond acceptors (Lipinski definition) is 4. The largest absolute Gasteiger partial charge is 0.352 e. The smallest absolute Gasteiger partial charge is 0.304 e. The maximum absolute atomic E-state index is 14.9. The van der Waals surface area contributed by atoms with Crippen LogP contribution in [-0.4, -0.2) is 62.2 Å². The normalized spacial score (nSPS) is 14.5. The fraction of sp³-hybridized carbons (Fsp3) is 0.355. The van der Waals surface area contributed by atoms with E-state index in [1.165, 1.54) is 37.2 Å². The minimum Gasteiger partial charge on any atom is -0.352 e. The van der Waals surface area contributed by atoms with Gasteiger partial charge in [0.15, 0.2) is 0 Å². The highest BCUT2D eigenvalue weighted by atomic mass is 35.5. The van der Waals surface area contributed by atoms with Gasteiger partial charge in [-0.1, -0.05) is 79.0 Å². The number of rotatable bonds is 12. The molecule has 1 aliphatic carbocycles. The Morgan fingerprint density at radius 1 is 0.952 bits per heavy atom. The molecule has 0 unspecified atom stereocenters. The fourth-order valence-corrected chi connectivity index (χ4v) is 6.39. The van der Waals surface area contributed by atoms with Crippen LogP contribution >= 0.6 is 11.6 Å². The van der Waals surface area contributed by atoms with Crippen LogP contribution in [0.1, 0.15) is 36.8 Å². The van der Waals surface area contributed by atoms with Crippen LogP contribution in [-0.2, 0) is 32.8 Å². The molecule has 224 valence electrons. The molecule has 8 nitrogen and oxygen atoms in total. The van der Waals surface area contributed by atoms with Gasteiger partial charge in [0, 0.05) is 38.1 Å². The van der Waals surface area contributed by atoms with E-state index in [4.69, 9.17) is 11.6 Å². The van der Waals surface area contributed by atoms with Crippen molar-refractivity contribution in [3.05, 3.63) is 101 Å². The Labute approximate surface area is 252 Å². The van der Waals surface area contributed by atoms with Gasteiger partial charge < -0.3 is 10.2 Å². The van der Waals surface area contributed by atoms with E-state index in [9.17, 15) is 22.4 Å². The average Bonchev–Trinajstić information content (AvgIpc) is 3.47. The van der Waals surface area contributed by atoms with Crippen LogP contribution in [0.2, 0.25) is 5.02 Å². The van der Waals surface area contributed by atoms with E-state index in [1.54, 1.807) is 24.3 Å². The highest BCUT2D eigenvalue weighted by Crippen LogP contribution is 2.25. The summed E-state index contributed by atoms with van der Waals surface area (Å²) in [6.07, 6.45) is 3.94. The zero-order valence-corrected chi connectivity index (χ0v) is 25.3. The van der Waals surface area contributed by atoms with Gasteiger partial charge in [0.25, 0.3) is 0 Å². The van der Waals surface area contributed by atoms with E-state index in [0.717, 1.165) is 45.9 Å². The molecule has 1 saturated carbocycles. The highest BCUT2D eigenvalue weighted by molar-refractivity contribution is 7.90. The molecule has 42 heavy (non-hydrogen) atoms. The standard InChI is InChI=1S/C31H36ClFN4O4S/c1-35(2)42(40,41)37(28-18-9-8-17-27(28)33)22-30(38)36(21-24-13-10-14-25(32)19-24)29(20-23-11-4-3-5-12-23)31(39)34-26-15-6-7-16-26/h3-5,8-14,17-19,26,29H,6-7,15-16,20-22H2,1-2H3,(H,34,39)/t29-/m1/s1. The third-order valence-electron chi connectivity index (χ3n) is 7.35. The van der Waals surface area contributed by atoms with Crippen molar-refractivity contribution in [2.24, 2.45) is 0 Å². The maximum Gasteiger partial charge on any atom is 0.304 e. The summed E-state index contributed by atoms with van der Waals surface area (Å²) in [6.45, 7) is -0.730. The Morgan fingerprint density at radius 2 is 1.60 bits per heavy atom.